The zero-order chi connectivity index (χ0) is 10.1. The van der Waals surface area contributed by atoms with Gasteiger partial charge in [-0.05, 0) is 50.5 Å². The average Bonchev–Trinajstić information content (AvgIpc) is 2.44. The Balaban J connectivity index is 2.66. The SMILES string of the molecule is NCCc1nc(Br)c2ccc(Br)cn12. The lowest BCUT2D eigenvalue weighted by atomic mass is 10.4. The molecule has 0 amide bonds. The fourth-order valence-electron chi connectivity index (χ4n) is 1.39. The molecule has 0 radical (unpaired) electrons. The number of nitrogens with zero attached hydrogens (tertiary/aromatic N) is 2. The third-order valence-corrected chi connectivity index (χ3v) is 3.05. The molecule has 0 aliphatic heterocycles. The standard InChI is InChI=1S/C9H9Br2N3/c10-6-1-2-7-9(11)13-8(3-4-12)14(7)5-6/h1-2,5H,3-4,12H2. The number of rotatable bonds is 2. The Kier molecular flexibility index (Phi) is 2.90. The molecule has 2 rings (SSSR count). The van der Waals surface area contributed by atoms with Crippen LogP contribution in [0.4, 0.5) is 0 Å². The van der Waals surface area contributed by atoms with Gasteiger partial charge in [0, 0.05) is 17.1 Å². The van der Waals surface area contributed by atoms with E-state index in [1.165, 1.54) is 0 Å². The second-order valence-electron chi connectivity index (χ2n) is 2.96. The molecule has 0 bridgehead atoms. The molecule has 0 aliphatic rings. The number of halogens is 2. The van der Waals surface area contributed by atoms with Crippen LogP contribution in [0.2, 0.25) is 0 Å². The summed E-state index contributed by atoms with van der Waals surface area (Å²) in [4.78, 5) is 4.40. The number of imidazole rings is 1. The van der Waals surface area contributed by atoms with E-state index in [4.69, 9.17) is 5.73 Å². The van der Waals surface area contributed by atoms with Crippen LogP contribution in [0.5, 0.6) is 0 Å². The molecule has 0 aromatic carbocycles. The van der Waals surface area contributed by atoms with Gasteiger partial charge in [0.1, 0.15) is 10.4 Å². The monoisotopic (exact) mass is 317 g/mol. The Morgan fingerprint density at radius 1 is 1.36 bits per heavy atom. The predicted octanol–water partition coefficient (Wildman–Crippen LogP) is 2.36. The predicted molar refractivity (Wildman–Crippen MR) is 63.4 cm³/mol. The lowest BCUT2D eigenvalue weighted by Crippen LogP contribution is -2.06. The van der Waals surface area contributed by atoms with Gasteiger partial charge >= 0.3 is 0 Å². The lowest BCUT2D eigenvalue weighted by molar-refractivity contribution is 0.860. The van der Waals surface area contributed by atoms with E-state index in [1.807, 2.05) is 22.7 Å². The van der Waals surface area contributed by atoms with Crippen LogP contribution in [0.1, 0.15) is 5.82 Å². The van der Waals surface area contributed by atoms with Gasteiger partial charge in [-0.2, -0.15) is 0 Å². The van der Waals surface area contributed by atoms with Crippen LogP contribution >= 0.6 is 31.9 Å². The molecule has 5 heteroatoms. The summed E-state index contributed by atoms with van der Waals surface area (Å²) in [7, 11) is 0. The summed E-state index contributed by atoms with van der Waals surface area (Å²) in [6, 6.07) is 4.01. The molecule has 0 aliphatic carbocycles. The molecule has 0 saturated heterocycles. The Morgan fingerprint density at radius 3 is 2.86 bits per heavy atom. The summed E-state index contributed by atoms with van der Waals surface area (Å²) in [6.45, 7) is 0.609. The number of nitrogens with two attached hydrogens (primary N) is 1. The molecule has 0 atom stereocenters. The molecule has 74 valence electrons. The van der Waals surface area contributed by atoms with Crippen molar-refractivity contribution in [1.29, 1.82) is 0 Å². The maximum absolute atomic E-state index is 5.52. The normalized spacial score (nSPS) is 11.1. The molecule has 0 saturated carbocycles. The van der Waals surface area contributed by atoms with Gasteiger partial charge in [-0.3, -0.25) is 0 Å². The molecule has 2 aromatic heterocycles. The van der Waals surface area contributed by atoms with Crippen molar-refractivity contribution in [3.63, 3.8) is 0 Å². The lowest BCUT2D eigenvalue weighted by Gasteiger charge is -1.99. The second-order valence-corrected chi connectivity index (χ2v) is 4.63. The largest absolute Gasteiger partial charge is 0.330 e. The maximum atomic E-state index is 5.52. The fourth-order valence-corrected chi connectivity index (χ4v) is 2.25. The van der Waals surface area contributed by atoms with Gasteiger partial charge in [-0.1, -0.05) is 0 Å². The Labute approximate surface area is 98.6 Å². The molecule has 0 fully saturated rings. The number of hydrogen-bond donors (Lipinski definition) is 1. The molecule has 3 nitrogen and oxygen atoms in total. The average molecular weight is 319 g/mol. The number of hydrogen-bond acceptors (Lipinski definition) is 2. The first-order chi connectivity index (χ1) is 6.72. The highest BCUT2D eigenvalue weighted by Gasteiger charge is 2.07. The molecule has 2 heterocycles. The fraction of sp³-hybridized carbons (Fsp3) is 0.222. The van der Waals surface area contributed by atoms with E-state index in [2.05, 4.69) is 36.8 Å². The Morgan fingerprint density at radius 2 is 2.14 bits per heavy atom. The van der Waals surface area contributed by atoms with E-state index in [0.29, 0.717) is 6.54 Å². The summed E-state index contributed by atoms with van der Waals surface area (Å²) >= 11 is 6.86. The molecule has 2 N–H and O–H groups in total. The smallest absolute Gasteiger partial charge is 0.132 e. The van der Waals surface area contributed by atoms with E-state index in [-0.39, 0.29) is 0 Å². The zero-order valence-corrected chi connectivity index (χ0v) is 10.5. The molecule has 0 unspecified atom stereocenters. The van der Waals surface area contributed by atoms with E-state index in [1.54, 1.807) is 0 Å². The molecule has 14 heavy (non-hydrogen) atoms. The third kappa shape index (κ3) is 1.71. The first-order valence-electron chi connectivity index (χ1n) is 4.24. The second kappa shape index (κ2) is 4.00. The quantitative estimate of drug-likeness (QED) is 0.923. The van der Waals surface area contributed by atoms with Crippen molar-refractivity contribution in [1.82, 2.24) is 9.38 Å². The topological polar surface area (TPSA) is 43.3 Å². The number of pyridine rings is 1. The van der Waals surface area contributed by atoms with Crippen molar-refractivity contribution in [2.45, 2.75) is 6.42 Å². The van der Waals surface area contributed by atoms with Gasteiger partial charge in [0.05, 0.1) is 5.52 Å². The molecular weight excluding hydrogens is 310 g/mol. The van der Waals surface area contributed by atoms with Crippen LogP contribution in [0.25, 0.3) is 5.52 Å². The van der Waals surface area contributed by atoms with E-state index >= 15 is 0 Å². The first-order valence-corrected chi connectivity index (χ1v) is 5.83. The maximum Gasteiger partial charge on any atom is 0.132 e. The summed E-state index contributed by atoms with van der Waals surface area (Å²) in [5, 5.41) is 0. The number of fused-ring (bicyclic) bond motifs is 1. The van der Waals surface area contributed by atoms with E-state index < -0.39 is 0 Å². The first kappa shape index (κ1) is 10.1. The van der Waals surface area contributed by atoms with Crippen molar-refractivity contribution < 1.29 is 0 Å². The van der Waals surface area contributed by atoms with Crippen molar-refractivity contribution in [2.75, 3.05) is 6.54 Å². The van der Waals surface area contributed by atoms with Crippen molar-refractivity contribution in [2.24, 2.45) is 5.73 Å². The van der Waals surface area contributed by atoms with Gasteiger partial charge in [0.25, 0.3) is 0 Å². The minimum atomic E-state index is 0.609. The highest BCUT2D eigenvalue weighted by atomic mass is 79.9. The van der Waals surface area contributed by atoms with Gasteiger partial charge in [-0.25, -0.2) is 4.98 Å². The van der Waals surface area contributed by atoms with Crippen LogP contribution in [0.3, 0.4) is 0 Å². The molecule has 2 aromatic rings. The van der Waals surface area contributed by atoms with Crippen LogP contribution in [-0.4, -0.2) is 15.9 Å². The van der Waals surface area contributed by atoms with Crippen LogP contribution in [-0.2, 0) is 6.42 Å². The zero-order valence-electron chi connectivity index (χ0n) is 7.37. The Bertz CT molecular complexity index is 464. The minimum Gasteiger partial charge on any atom is -0.330 e. The number of aromatic nitrogens is 2. The van der Waals surface area contributed by atoms with Gasteiger partial charge in [0.15, 0.2) is 0 Å². The van der Waals surface area contributed by atoms with Gasteiger partial charge in [0.2, 0.25) is 0 Å². The molecular formula is C9H9Br2N3. The van der Waals surface area contributed by atoms with Crippen LogP contribution in [0.15, 0.2) is 27.4 Å². The summed E-state index contributed by atoms with van der Waals surface area (Å²) in [5.41, 5.74) is 6.58. The minimum absolute atomic E-state index is 0.609. The summed E-state index contributed by atoms with van der Waals surface area (Å²) in [6.07, 6.45) is 2.78. The van der Waals surface area contributed by atoms with Crippen LogP contribution in [0, 0.1) is 0 Å². The third-order valence-electron chi connectivity index (χ3n) is 2.00. The van der Waals surface area contributed by atoms with E-state index in [9.17, 15) is 0 Å². The van der Waals surface area contributed by atoms with Gasteiger partial charge < -0.3 is 10.1 Å². The highest BCUT2D eigenvalue weighted by molar-refractivity contribution is 9.10. The van der Waals surface area contributed by atoms with Crippen molar-refractivity contribution >= 4 is 37.4 Å². The van der Waals surface area contributed by atoms with E-state index in [0.717, 1.165) is 26.8 Å². The Hall–Kier alpha value is -0.390. The molecule has 0 spiro atoms. The summed E-state index contributed by atoms with van der Waals surface area (Å²) < 4.78 is 3.95. The van der Waals surface area contributed by atoms with Crippen molar-refractivity contribution in [3.8, 4) is 0 Å². The highest BCUT2D eigenvalue weighted by Crippen LogP contribution is 2.21. The summed E-state index contributed by atoms with van der Waals surface area (Å²) in [5.74, 6) is 0.982. The van der Waals surface area contributed by atoms with Crippen LogP contribution < -0.4 is 5.73 Å². The van der Waals surface area contributed by atoms with Crippen molar-refractivity contribution in [3.05, 3.63) is 33.2 Å². The van der Waals surface area contributed by atoms with Gasteiger partial charge in [-0.15, -0.1) is 0 Å².